The first-order valence-corrected chi connectivity index (χ1v) is 6.78. The Morgan fingerprint density at radius 2 is 2.05 bits per heavy atom. The van der Waals surface area contributed by atoms with Gasteiger partial charge in [-0.15, -0.1) is 0 Å². The number of ether oxygens (including phenoxy) is 1. The zero-order valence-electron chi connectivity index (χ0n) is 11.4. The van der Waals surface area contributed by atoms with Gasteiger partial charge in [-0.1, -0.05) is 23.7 Å². The van der Waals surface area contributed by atoms with Crippen molar-refractivity contribution in [2.45, 2.75) is 6.92 Å². The van der Waals surface area contributed by atoms with Gasteiger partial charge in [-0.05, 0) is 30.7 Å². The van der Waals surface area contributed by atoms with E-state index in [0.717, 1.165) is 5.56 Å². The second kappa shape index (κ2) is 6.90. The summed E-state index contributed by atoms with van der Waals surface area (Å²) in [5.41, 5.74) is 1.22. The number of hydrogen-bond donors (Lipinski definition) is 3. The van der Waals surface area contributed by atoms with Crippen LogP contribution in [0.25, 0.3) is 6.08 Å². The fraction of sp³-hybridized carbons (Fsp3) is 0.214. The molecule has 0 atom stereocenters. The summed E-state index contributed by atoms with van der Waals surface area (Å²) in [6, 6.07) is 7.08. The minimum absolute atomic E-state index is 0.0231. The van der Waals surface area contributed by atoms with Crippen molar-refractivity contribution in [1.29, 1.82) is 0 Å². The van der Waals surface area contributed by atoms with Crippen LogP contribution < -0.4 is 15.6 Å². The molecule has 0 unspecified atom stereocenters. The maximum absolute atomic E-state index is 11.8. The first kappa shape index (κ1) is 15.1. The Balaban J connectivity index is 2.04. The predicted octanol–water partition coefficient (Wildman–Crippen LogP) is -0.600. The van der Waals surface area contributed by atoms with E-state index in [1.807, 2.05) is 0 Å². The molecule has 1 amide bonds. The number of hydrogen-bond acceptors (Lipinski definition) is 3. The zero-order chi connectivity index (χ0) is 15.2. The molecule has 6 nitrogen and oxygen atoms in total. The fourth-order valence-corrected chi connectivity index (χ4v) is 1.82. The van der Waals surface area contributed by atoms with Crippen LogP contribution in [0.15, 0.2) is 30.0 Å². The summed E-state index contributed by atoms with van der Waals surface area (Å²) in [5.74, 6) is -0.319. The maximum atomic E-state index is 11.8. The van der Waals surface area contributed by atoms with Gasteiger partial charge in [-0.3, -0.25) is 4.99 Å². The van der Waals surface area contributed by atoms with Gasteiger partial charge in [-0.2, -0.15) is 0 Å². The lowest BCUT2D eigenvalue weighted by atomic mass is 10.2. The van der Waals surface area contributed by atoms with Gasteiger partial charge in [0.2, 0.25) is 0 Å². The van der Waals surface area contributed by atoms with Crippen molar-refractivity contribution in [2.24, 2.45) is 0 Å². The number of esters is 1. The van der Waals surface area contributed by atoms with E-state index in [4.69, 9.17) is 16.3 Å². The van der Waals surface area contributed by atoms with Crippen molar-refractivity contribution in [1.82, 2.24) is 10.6 Å². The van der Waals surface area contributed by atoms with Crippen molar-refractivity contribution in [3.63, 3.8) is 0 Å². The highest BCUT2D eigenvalue weighted by Gasteiger charge is 2.29. The normalized spacial score (nSPS) is 17.7. The largest absolute Gasteiger partial charge is 0.464 e. The van der Waals surface area contributed by atoms with Crippen molar-refractivity contribution in [2.75, 3.05) is 13.2 Å². The van der Waals surface area contributed by atoms with E-state index in [1.165, 1.54) is 0 Å². The number of halogens is 1. The van der Waals surface area contributed by atoms with Crippen LogP contribution in [0.3, 0.4) is 0 Å². The third-order valence-corrected chi connectivity index (χ3v) is 2.89. The number of benzene rings is 1. The molecule has 1 heterocycles. The van der Waals surface area contributed by atoms with Crippen LogP contribution in [0.1, 0.15) is 12.5 Å². The molecular weight excluding hydrogens is 294 g/mol. The molecule has 0 aliphatic carbocycles. The van der Waals surface area contributed by atoms with Crippen molar-refractivity contribution in [3.05, 3.63) is 40.5 Å². The Kier molecular flexibility index (Phi) is 4.94. The van der Waals surface area contributed by atoms with Crippen molar-refractivity contribution in [3.8, 4) is 0 Å². The standard InChI is InChI=1S/C14H14ClN3O3/c1-2-21-12(19)8-16-14-17-11(13(20)18-14)7-9-3-5-10(15)6-4-9/h3-7H,2,8H2,1H3,(H2,16,17,18,20)/p+1. The molecule has 3 N–H and O–H groups in total. The first-order valence-electron chi connectivity index (χ1n) is 6.40. The summed E-state index contributed by atoms with van der Waals surface area (Å²) in [7, 11) is 0. The first-order chi connectivity index (χ1) is 10.1. The Labute approximate surface area is 126 Å². The van der Waals surface area contributed by atoms with E-state index in [0.29, 0.717) is 23.3 Å². The van der Waals surface area contributed by atoms with Gasteiger partial charge in [0.05, 0.1) is 6.61 Å². The molecule has 1 fully saturated rings. The van der Waals surface area contributed by atoms with Gasteiger partial charge >= 0.3 is 17.8 Å². The summed E-state index contributed by atoms with van der Waals surface area (Å²) in [6.45, 7) is 2.02. The highest BCUT2D eigenvalue weighted by atomic mass is 35.5. The fourth-order valence-electron chi connectivity index (χ4n) is 1.69. The van der Waals surface area contributed by atoms with Gasteiger partial charge in [-0.25, -0.2) is 20.2 Å². The second-order valence-corrected chi connectivity index (χ2v) is 4.66. The lowest BCUT2D eigenvalue weighted by Gasteiger charge is -1.96. The second-order valence-electron chi connectivity index (χ2n) is 4.22. The average Bonchev–Trinajstić information content (AvgIpc) is 2.80. The molecule has 0 radical (unpaired) electrons. The molecule has 21 heavy (non-hydrogen) atoms. The molecule has 0 aromatic heterocycles. The SMILES string of the molecule is CCOC(=O)C[NH+]=C1NC(=O)C(=Cc2ccc(Cl)cc2)N1. The monoisotopic (exact) mass is 308 g/mol. The third kappa shape index (κ3) is 4.32. The van der Waals surface area contributed by atoms with E-state index in [-0.39, 0.29) is 12.5 Å². The molecule has 1 saturated heterocycles. The third-order valence-electron chi connectivity index (χ3n) is 2.64. The van der Waals surface area contributed by atoms with Crippen LogP contribution in [-0.2, 0) is 14.3 Å². The van der Waals surface area contributed by atoms with Crippen molar-refractivity contribution >= 4 is 35.5 Å². The smallest absolute Gasteiger partial charge is 0.356 e. The number of rotatable bonds is 4. The molecule has 1 aromatic carbocycles. The Morgan fingerprint density at radius 1 is 1.33 bits per heavy atom. The number of carbonyl (C=O) groups is 2. The van der Waals surface area contributed by atoms with Gasteiger partial charge in [0, 0.05) is 5.02 Å². The summed E-state index contributed by atoms with van der Waals surface area (Å²) in [6.07, 6.45) is 1.69. The highest BCUT2D eigenvalue weighted by Crippen LogP contribution is 2.12. The maximum Gasteiger partial charge on any atom is 0.356 e. The zero-order valence-corrected chi connectivity index (χ0v) is 12.2. The van der Waals surface area contributed by atoms with E-state index >= 15 is 0 Å². The lowest BCUT2D eigenvalue weighted by Crippen LogP contribution is -2.79. The minimum Gasteiger partial charge on any atom is -0.464 e. The van der Waals surface area contributed by atoms with Gasteiger partial charge in [0.1, 0.15) is 0 Å². The highest BCUT2D eigenvalue weighted by molar-refractivity contribution is 6.30. The van der Waals surface area contributed by atoms with Crippen LogP contribution in [0.4, 0.5) is 0 Å². The number of amides is 1. The Morgan fingerprint density at radius 3 is 2.71 bits per heavy atom. The van der Waals surface area contributed by atoms with E-state index in [2.05, 4.69) is 15.6 Å². The molecule has 1 aliphatic rings. The van der Waals surface area contributed by atoms with Crippen LogP contribution >= 0.6 is 11.6 Å². The quantitative estimate of drug-likeness (QED) is 0.512. The minimum atomic E-state index is -0.392. The van der Waals surface area contributed by atoms with Crippen LogP contribution in [0, 0.1) is 0 Å². The van der Waals surface area contributed by atoms with E-state index in [1.54, 1.807) is 37.3 Å². The van der Waals surface area contributed by atoms with E-state index in [9.17, 15) is 9.59 Å². The molecule has 0 bridgehead atoms. The van der Waals surface area contributed by atoms with Crippen LogP contribution in [0.5, 0.6) is 0 Å². The Bertz CT molecular complexity index is 608. The van der Waals surface area contributed by atoms with Crippen molar-refractivity contribution < 1.29 is 19.3 Å². The summed E-state index contributed by atoms with van der Waals surface area (Å²) in [4.78, 5) is 25.8. The summed E-state index contributed by atoms with van der Waals surface area (Å²) >= 11 is 5.80. The van der Waals surface area contributed by atoms with E-state index < -0.39 is 5.97 Å². The lowest BCUT2D eigenvalue weighted by molar-refractivity contribution is -0.450. The van der Waals surface area contributed by atoms with Crippen LogP contribution in [0.2, 0.25) is 5.02 Å². The van der Waals surface area contributed by atoms with Crippen LogP contribution in [-0.4, -0.2) is 31.0 Å². The molecule has 110 valence electrons. The molecular formula is C14H15ClN3O3+. The Hall–Kier alpha value is -2.34. The number of nitrogens with one attached hydrogen (secondary N) is 3. The molecule has 2 rings (SSSR count). The molecule has 0 spiro atoms. The molecule has 0 saturated carbocycles. The summed E-state index contributed by atoms with van der Waals surface area (Å²) < 4.78 is 4.78. The molecule has 7 heteroatoms. The average molecular weight is 309 g/mol. The number of guanidine groups is 1. The molecule has 1 aromatic rings. The number of carbonyl (C=O) groups excluding carboxylic acids is 2. The van der Waals surface area contributed by atoms with Gasteiger partial charge in [0.15, 0.2) is 12.2 Å². The summed E-state index contributed by atoms with van der Waals surface area (Å²) in [5, 5.41) is 6.08. The van der Waals surface area contributed by atoms with Gasteiger partial charge in [0.25, 0.3) is 0 Å². The van der Waals surface area contributed by atoms with Gasteiger partial charge < -0.3 is 4.74 Å². The molecule has 1 aliphatic heterocycles. The topological polar surface area (TPSA) is 81.4 Å². The predicted molar refractivity (Wildman–Crippen MR) is 78.2 cm³/mol.